The van der Waals surface area contributed by atoms with Crippen molar-refractivity contribution in [2.75, 3.05) is 7.11 Å². The van der Waals surface area contributed by atoms with Gasteiger partial charge in [-0.1, -0.05) is 6.92 Å². The van der Waals surface area contributed by atoms with Crippen LogP contribution in [-0.2, 0) is 13.0 Å². The zero-order valence-corrected chi connectivity index (χ0v) is 12.6. The Morgan fingerprint density at radius 1 is 1.41 bits per heavy atom. The fourth-order valence-electron chi connectivity index (χ4n) is 2.15. The van der Waals surface area contributed by atoms with Gasteiger partial charge in [0.25, 0.3) is 5.91 Å². The van der Waals surface area contributed by atoms with Gasteiger partial charge in [-0.05, 0) is 25.5 Å². The van der Waals surface area contributed by atoms with Crippen molar-refractivity contribution in [3.05, 3.63) is 46.3 Å². The lowest BCUT2D eigenvalue weighted by Gasteiger charge is -2.09. The number of aromatic amines is 1. The van der Waals surface area contributed by atoms with Gasteiger partial charge in [0, 0.05) is 23.4 Å². The lowest BCUT2D eigenvalue weighted by molar-refractivity contribution is 0.0944. The first-order valence-corrected chi connectivity index (χ1v) is 6.82. The number of amides is 1. The molecule has 0 aliphatic rings. The third-order valence-electron chi connectivity index (χ3n) is 3.48. The van der Waals surface area contributed by atoms with E-state index < -0.39 is 17.5 Å². The molecule has 1 aromatic heterocycles. The number of carbonyl (C=O) groups excluding carboxylic acids is 1. The molecule has 7 heteroatoms. The van der Waals surface area contributed by atoms with Crippen LogP contribution >= 0.6 is 0 Å². The number of aryl methyl sites for hydroxylation is 1. The van der Waals surface area contributed by atoms with Crippen molar-refractivity contribution >= 4 is 5.91 Å². The Morgan fingerprint density at radius 2 is 2.14 bits per heavy atom. The summed E-state index contributed by atoms with van der Waals surface area (Å²) in [7, 11) is 1.29. The lowest BCUT2D eigenvalue weighted by atomic mass is 10.1. The molecular weight excluding hydrogens is 292 g/mol. The summed E-state index contributed by atoms with van der Waals surface area (Å²) >= 11 is 0. The van der Waals surface area contributed by atoms with Gasteiger partial charge in [-0.3, -0.25) is 9.89 Å². The van der Waals surface area contributed by atoms with Crippen molar-refractivity contribution in [3.8, 4) is 5.75 Å². The van der Waals surface area contributed by atoms with Gasteiger partial charge in [0.15, 0.2) is 17.3 Å². The van der Waals surface area contributed by atoms with E-state index in [9.17, 15) is 13.6 Å². The summed E-state index contributed by atoms with van der Waals surface area (Å²) in [5, 5.41) is 9.16. The van der Waals surface area contributed by atoms with Crippen LogP contribution in [0.3, 0.4) is 0 Å². The summed E-state index contributed by atoms with van der Waals surface area (Å²) in [6.45, 7) is 3.41. The normalized spacial score (nSPS) is 10.6. The zero-order valence-electron chi connectivity index (χ0n) is 12.6. The number of rotatable bonds is 5. The molecule has 0 unspecified atom stereocenters. The van der Waals surface area contributed by atoms with E-state index in [1.54, 1.807) is 6.92 Å². The lowest BCUT2D eigenvalue weighted by Crippen LogP contribution is -2.25. The molecule has 0 aliphatic carbocycles. The van der Waals surface area contributed by atoms with Crippen molar-refractivity contribution in [2.24, 2.45) is 0 Å². The molecule has 1 amide bonds. The minimum Gasteiger partial charge on any atom is -0.494 e. The van der Waals surface area contributed by atoms with Gasteiger partial charge in [0.2, 0.25) is 0 Å². The second-order valence-corrected chi connectivity index (χ2v) is 4.75. The Morgan fingerprint density at radius 3 is 2.73 bits per heavy atom. The molecule has 0 saturated carbocycles. The first-order valence-electron chi connectivity index (χ1n) is 6.82. The number of aromatic nitrogens is 2. The predicted octanol–water partition coefficient (Wildman–Crippen LogP) is 2.50. The maximum Gasteiger partial charge on any atom is 0.272 e. The van der Waals surface area contributed by atoms with Gasteiger partial charge in [-0.25, -0.2) is 8.78 Å². The van der Waals surface area contributed by atoms with Crippen LogP contribution in [0.5, 0.6) is 5.75 Å². The zero-order chi connectivity index (χ0) is 16.3. The summed E-state index contributed by atoms with van der Waals surface area (Å²) in [5.41, 5.74) is 1.55. The van der Waals surface area contributed by atoms with Crippen molar-refractivity contribution in [1.82, 2.24) is 15.5 Å². The van der Waals surface area contributed by atoms with Crippen LogP contribution in [0.2, 0.25) is 0 Å². The predicted molar refractivity (Wildman–Crippen MR) is 76.8 cm³/mol. The first-order chi connectivity index (χ1) is 10.5. The van der Waals surface area contributed by atoms with Crippen LogP contribution in [-0.4, -0.2) is 23.2 Å². The highest BCUT2D eigenvalue weighted by Gasteiger charge is 2.18. The molecule has 118 valence electrons. The van der Waals surface area contributed by atoms with Crippen molar-refractivity contribution in [2.45, 2.75) is 26.8 Å². The summed E-state index contributed by atoms with van der Waals surface area (Å²) < 4.78 is 32.5. The molecule has 0 bridgehead atoms. The van der Waals surface area contributed by atoms with Crippen molar-refractivity contribution < 1.29 is 18.3 Å². The Labute approximate surface area is 126 Å². The number of ether oxygens (including phenoxy) is 1. The molecule has 2 aromatic rings. The molecule has 5 nitrogen and oxygen atoms in total. The minimum absolute atomic E-state index is 0.0742. The van der Waals surface area contributed by atoms with Crippen molar-refractivity contribution in [1.29, 1.82) is 0 Å². The Bertz CT molecular complexity index is 698. The molecule has 2 N–H and O–H groups in total. The van der Waals surface area contributed by atoms with E-state index in [4.69, 9.17) is 4.74 Å². The third kappa shape index (κ3) is 2.93. The van der Waals surface area contributed by atoms with E-state index in [1.165, 1.54) is 13.2 Å². The molecule has 0 atom stereocenters. The summed E-state index contributed by atoms with van der Waals surface area (Å²) in [4.78, 5) is 12.1. The van der Waals surface area contributed by atoms with E-state index >= 15 is 0 Å². The van der Waals surface area contributed by atoms with Gasteiger partial charge in [-0.2, -0.15) is 5.10 Å². The number of halogens is 2. The number of nitrogens with one attached hydrogen (secondary N) is 2. The number of hydrogen-bond acceptors (Lipinski definition) is 3. The third-order valence-corrected chi connectivity index (χ3v) is 3.48. The van der Waals surface area contributed by atoms with E-state index in [2.05, 4.69) is 15.5 Å². The van der Waals surface area contributed by atoms with Gasteiger partial charge in [0.05, 0.1) is 7.11 Å². The molecule has 0 saturated heterocycles. The van der Waals surface area contributed by atoms with E-state index in [0.717, 1.165) is 17.3 Å². The maximum absolute atomic E-state index is 14.0. The van der Waals surface area contributed by atoms with Crippen LogP contribution in [0.25, 0.3) is 0 Å². The minimum atomic E-state index is -0.823. The summed E-state index contributed by atoms with van der Waals surface area (Å²) in [6.07, 6.45) is 0.714. The van der Waals surface area contributed by atoms with Crippen LogP contribution in [0.4, 0.5) is 8.78 Å². The molecule has 0 fully saturated rings. The molecule has 0 radical (unpaired) electrons. The highest BCUT2D eigenvalue weighted by atomic mass is 19.1. The SMILES string of the molecule is CCc1[nH]nc(C(=O)NCc2c(F)ccc(OC)c2F)c1C. The van der Waals surface area contributed by atoms with Crippen LogP contribution in [0, 0.1) is 18.6 Å². The van der Waals surface area contributed by atoms with Gasteiger partial charge in [-0.15, -0.1) is 0 Å². The largest absolute Gasteiger partial charge is 0.494 e. The Balaban J connectivity index is 2.16. The fraction of sp³-hybridized carbons (Fsp3) is 0.333. The molecule has 0 spiro atoms. The first kappa shape index (κ1) is 15.9. The van der Waals surface area contributed by atoms with Crippen LogP contribution < -0.4 is 10.1 Å². The average molecular weight is 309 g/mol. The van der Waals surface area contributed by atoms with E-state index in [1.807, 2.05) is 6.92 Å². The standard InChI is InChI=1S/C15H17F2N3O2/c1-4-11-8(2)14(20-19-11)15(21)18-7-9-10(16)5-6-12(22-3)13(9)17/h5-6H,4,7H2,1-3H3,(H,18,21)(H,19,20). The molecule has 22 heavy (non-hydrogen) atoms. The maximum atomic E-state index is 14.0. The number of hydrogen-bond donors (Lipinski definition) is 2. The molecule has 2 rings (SSSR count). The molecular formula is C15H17F2N3O2. The summed E-state index contributed by atoms with van der Waals surface area (Å²) in [6, 6.07) is 2.29. The van der Waals surface area contributed by atoms with E-state index in [-0.39, 0.29) is 23.6 Å². The summed E-state index contributed by atoms with van der Waals surface area (Å²) in [5.74, 6) is -2.13. The number of benzene rings is 1. The fourth-order valence-corrected chi connectivity index (χ4v) is 2.15. The highest BCUT2D eigenvalue weighted by Crippen LogP contribution is 2.23. The van der Waals surface area contributed by atoms with E-state index in [0.29, 0.717) is 6.42 Å². The smallest absolute Gasteiger partial charge is 0.272 e. The molecule has 1 heterocycles. The second-order valence-electron chi connectivity index (χ2n) is 4.75. The average Bonchev–Trinajstić information content (AvgIpc) is 2.88. The van der Waals surface area contributed by atoms with Gasteiger partial charge in [0.1, 0.15) is 5.82 Å². The second kappa shape index (κ2) is 6.55. The van der Waals surface area contributed by atoms with Crippen LogP contribution in [0.15, 0.2) is 12.1 Å². The Kier molecular flexibility index (Phi) is 4.75. The number of methoxy groups -OCH3 is 1. The van der Waals surface area contributed by atoms with Crippen LogP contribution in [0.1, 0.15) is 34.2 Å². The van der Waals surface area contributed by atoms with Gasteiger partial charge >= 0.3 is 0 Å². The highest BCUT2D eigenvalue weighted by molar-refractivity contribution is 5.93. The van der Waals surface area contributed by atoms with Crippen molar-refractivity contribution in [3.63, 3.8) is 0 Å². The topological polar surface area (TPSA) is 67.0 Å². The Hall–Kier alpha value is -2.44. The number of H-pyrrole nitrogens is 1. The quantitative estimate of drug-likeness (QED) is 0.892. The number of nitrogens with zero attached hydrogens (tertiary/aromatic N) is 1. The van der Waals surface area contributed by atoms with Gasteiger partial charge < -0.3 is 10.1 Å². The molecule has 1 aromatic carbocycles. The molecule has 0 aliphatic heterocycles. The monoisotopic (exact) mass is 309 g/mol. The number of carbonyl (C=O) groups is 1.